The molecule has 114 valence electrons. The van der Waals surface area contributed by atoms with Gasteiger partial charge in [0.05, 0.1) is 5.92 Å². The van der Waals surface area contributed by atoms with Gasteiger partial charge >= 0.3 is 6.18 Å². The lowest BCUT2D eigenvalue weighted by atomic mass is 9.83. The first kappa shape index (κ1) is 15.4. The zero-order valence-electron chi connectivity index (χ0n) is 12.2. The minimum absolute atomic E-state index is 0.125. The summed E-state index contributed by atoms with van der Waals surface area (Å²) >= 11 is 0. The largest absolute Gasteiger partial charge is 0.466 e. The molecule has 0 radical (unpaired) electrons. The molecule has 1 saturated carbocycles. The zero-order chi connectivity index (χ0) is 14.9. The molecule has 20 heavy (non-hydrogen) atoms. The van der Waals surface area contributed by atoms with Crippen LogP contribution in [0, 0.1) is 19.8 Å². The summed E-state index contributed by atoms with van der Waals surface area (Å²) in [6.45, 7) is 5.60. The van der Waals surface area contributed by atoms with E-state index in [-0.39, 0.29) is 12.5 Å². The molecule has 3 unspecified atom stereocenters. The van der Waals surface area contributed by atoms with Crippen LogP contribution in [0.25, 0.3) is 0 Å². The third kappa shape index (κ3) is 3.37. The summed E-state index contributed by atoms with van der Waals surface area (Å²) in [6.07, 6.45) is -1.76. The van der Waals surface area contributed by atoms with Crippen LogP contribution in [0.4, 0.5) is 13.2 Å². The van der Waals surface area contributed by atoms with Gasteiger partial charge in [0.15, 0.2) is 0 Å². The lowest BCUT2D eigenvalue weighted by Crippen LogP contribution is -2.46. The van der Waals surface area contributed by atoms with Gasteiger partial charge in [0.1, 0.15) is 11.5 Å². The quantitative estimate of drug-likeness (QED) is 0.875. The van der Waals surface area contributed by atoms with Crippen LogP contribution in [-0.2, 0) is 0 Å². The van der Waals surface area contributed by atoms with Gasteiger partial charge in [0.2, 0.25) is 0 Å². The maximum absolute atomic E-state index is 13.1. The van der Waals surface area contributed by atoms with Crippen molar-refractivity contribution in [3.05, 3.63) is 23.2 Å². The summed E-state index contributed by atoms with van der Waals surface area (Å²) in [7, 11) is 0. The summed E-state index contributed by atoms with van der Waals surface area (Å²) in [4.78, 5) is 0. The maximum Gasteiger partial charge on any atom is 0.393 e. The van der Waals surface area contributed by atoms with Crippen LogP contribution in [0.5, 0.6) is 0 Å². The summed E-state index contributed by atoms with van der Waals surface area (Å²) < 4.78 is 44.7. The molecule has 2 nitrogen and oxygen atoms in total. The fourth-order valence-corrected chi connectivity index (χ4v) is 3.21. The van der Waals surface area contributed by atoms with E-state index in [1.165, 1.54) is 0 Å². The van der Waals surface area contributed by atoms with E-state index in [4.69, 9.17) is 4.42 Å². The van der Waals surface area contributed by atoms with Crippen molar-refractivity contribution in [3.63, 3.8) is 0 Å². The van der Waals surface area contributed by atoms with Crippen molar-refractivity contribution < 1.29 is 17.6 Å². The average Bonchev–Trinajstić information content (AvgIpc) is 2.68. The summed E-state index contributed by atoms with van der Waals surface area (Å²) in [6, 6.07) is 1.28. The van der Waals surface area contributed by atoms with Crippen LogP contribution < -0.4 is 5.32 Å². The molecule has 0 saturated heterocycles. The van der Waals surface area contributed by atoms with E-state index in [0.29, 0.717) is 12.8 Å². The second-order valence-corrected chi connectivity index (χ2v) is 5.80. The van der Waals surface area contributed by atoms with Gasteiger partial charge in [0.25, 0.3) is 0 Å². The standard InChI is InChI=1S/C15H22F3NO/c1-9-8-12(11(3)20-9)10(2)19-14-7-5-4-6-13(14)15(16,17)18/h8,10,13-14,19H,4-7H2,1-3H3. The van der Waals surface area contributed by atoms with Crippen LogP contribution >= 0.6 is 0 Å². The van der Waals surface area contributed by atoms with Gasteiger partial charge in [-0.25, -0.2) is 0 Å². The SMILES string of the molecule is Cc1cc(C(C)NC2CCCCC2C(F)(F)F)c(C)o1. The molecule has 5 heteroatoms. The molecular weight excluding hydrogens is 267 g/mol. The molecule has 0 bridgehead atoms. The van der Waals surface area contributed by atoms with Crippen molar-refractivity contribution in [1.29, 1.82) is 0 Å². The Bertz CT molecular complexity index is 452. The summed E-state index contributed by atoms with van der Waals surface area (Å²) in [5.74, 6) is 0.344. The van der Waals surface area contributed by atoms with E-state index in [9.17, 15) is 13.2 Å². The highest BCUT2D eigenvalue weighted by atomic mass is 19.4. The number of nitrogens with one attached hydrogen (secondary N) is 1. The first-order chi connectivity index (χ1) is 9.29. The Labute approximate surface area is 117 Å². The minimum Gasteiger partial charge on any atom is -0.466 e. The number of hydrogen-bond acceptors (Lipinski definition) is 2. The van der Waals surface area contributed by atoms with E-state index in [2.05, 4.69) is 5.32 Å². The van der Waals surface area contributed by atoms with Gasteiger partial charge in [-0.05, 0) is 39.7 Å². The molecule has 1 aromatic heterocycles. The molecule has 0 spiro atoms. The second-order valence-electron chi connectivity index (χ2n) is 5.80. The van der Waals surface area contributed by atoms with E-state index < -0.39 is 18.1 Å². The summed E-state index contributed by atoms with van der Waals surface area (Å²) in [5.41, 5.74) is 0.953. The number of aryl methyl sites for hydroxylation is 2. The highest BCUT2D eigenvalue weighted by Crippen LogP contribution is 2.38. The molecule has 0 amide bonds. The number of hydrogen-bond donors (Lipinski definition) is 1. The average molecular weight is 289 g/mol. The highest BCUT2D eigenvalue weighted by Gasteiger charge is 2.45. The Hall–Kier alpha value is -0.970. The van der Waals surface area contributed by atoms with Crippen molar-refractivity contribution in [3.8, 4) is 0 Å². The van der Waals surface area contributed by atoms with Gasteiger partial charge in [-0.3, -0.25) is 0 Å². The molecular formula is C15H22F3NO. The van der Waals surface area contributed by atoms with Crippen LogP contribution in [0.2, 0.25) is 0 Å². The Morgan fingerprint density at radius 2 is 1.90 bits per heavy atom. The van der Waals surface area contributed by atoms with Crippen molar-refractivity contribution in [2.45, 2.75) is 64.7 Å². The van der Waals surface area contributed by atoms with Crippen molar-refractivity contribution in [1.82, 2.24) is 5.32 Å². The number of rotatable bonds is 3. The van der Waals surface area contributed by atoms with E-state index in [1.807, 2.05) is 26.8 Å². The van der Waals surface area contributed by atoms with Crippen LogP contribution in [0.15, 0.2) is 10.5 Å². The van der Waals surface area contributed by atoms with Crippen LogP contribution in [0.1, 0.15) is 55.7 Å². The van der Waals surface area contributed by atoms with Gasteiger partial charge in [-0.1, -0.05) is 12.8 Å². The van der Waals surface area contributed by atoms with Crippen molar-refractivity contribution in [2.24, 2.45) is 5.92 Å². The number of alkyl halides is 3. The summed E-state index contributed by atoms with van der Waals surface area (Å²) in [5, 5.41) is 3.17. The first-order valence-electron chi connectivity index (χ1n) is 7.18. The molecule has 1 aliphatic rings. The first-order valence-corrected chi connectivity index (χ1v) is 7.18. The molecule has 1 N–H and O–H groups in total. The Balaban J connectivity index is 2.09. The smallest absolute Gasteiger partial charge is 0.393 e. The molecule has 1 aliphatic carbocycles. The Morgan fingerprint density at radius 3 is 2.45 bits per heavy atom. The maximum atomic E-state index is 13.1. The lowest BCUT2D eigenvalue weighted by molar-refractivity contribution is -0.189. The van der Waals surface area contributed by atoms with E-state index in [1.54, 1.807) is 0 Å². The highest BCUT2D eigenvalue weighted by molar-refractivity contribution is 5.23. The topological polar surface area (TPSA) is 25.2 Å². The predicted octanol–water partition coefficient (Wildman–Crippen LogP) is 4.67. The van der Waals surface area contributed by atoms with Gasteiger partial charge < -0.3 is 9.73 Å². The molecule has 0 aromatic carbocycles. The predicted molar refractivity (Wildman–Crippen MR) is 71.5 cm³/mol. The Morgan fingerprint density at radius 1 is 1.25 bits per heavy atom. The minimum atomic E-state index is -4.11. The van der Waals surface area contributed by atoms with E-state index >= 15 is 0 Å². The van der Waals surface area contributed by atoms with Gasteiger partial charge in [-0.2, -0.15) is 13.2 Å². The number of halogens is 3. The van der Waals surface area contributed by atoms with Gasteiger partial charge in [-0.15, -0.1) is 0 Å². The van der Waals surface area contributed by atoms with Crippen LogP contribution in [-0.4, -0.2) is 12.2 Å². The van der Waals surface area contributed by atoms with Crippen molar-refractivity contribution >= 4 is 0 Å². The zero-order valence-corrected chi connectivity index (χ0v) is 12.2. The second kappa shape index (κ2) is 5.80. The molecule has 1 fully saturated rings. The van der Waals surface area contributed by atoms with Crippen molar-refractivity contribution in [2.75, 3.05) is 0 Å². The monoisotopic (exact) mass is 289 g/mol. The normalized spacial score (nSPS) is 25.7. The lowest BCUT2D eigenvalue weighted by Gasteiger charge is -2.35. The van der Waals surface area contributed by atoms with Gasteiger partial charge in [0, 0.05) is 17.6 Å². The Kier molecular flexibility index (Phi) is 4.47. The molecule has 1 heterocycles. The third-order valence-corrected chi connectivity index (χ3v) is 4.20. The van der Waals surface area contributed by atoms with E-state index in [0.717, 1.165) is 23.5 Å². The van der Waals surface area contributed by atoms with Crippen LogP contribution in [0.3, 0.4) is 0 Å². The fourth-order valence-electron chi connectivity index (χ4n) is 3.21. The fraction of sp³-hybridized carbons (Fsp3) is 0.733. The molecule has 2 rings (SSSR count). The number of furan rings is 1. The molecule has 0 aliphatic heterocycles. The third-order valence-electron chi connectivity index (χ3n) is 4.20. The molecule has 1 aromatic rings. The molecule has 3 atom stereocenters.